The number of fused-ring (bicyclic) bond motifs is 7. The van der Waals surface area contributed by atoms with Crippen molar-refractivity contribution >= 4 is 23.2 Å². The van der Waals surface area contributed by atoms with Crippen LogP contribution in [0, 0.1) is 28.6 Å². The van der Waals surface area contributed by atoms with Gasteiger partial charge in [0.2, 0.25) is 11.7 Å². The molecule has 6 unspecified atom stereocenters. The molecule has 6 rings (SSSR count). The van der Waals surface area contributed by atoms with Gasteiger partial charge in [-0.3, -0.25) is 14.4 Å². The molecule has 1 aromatic carbocycles. The fourth-order valence-corrected chi connectivity index (χ4v) is 9.10. The Morgan fingerprint density at radius 1 is 1.20 bits per heavy atom. The molecule has 1 aliphatic heterocycles. The number of ether oxygens (including phenoxy) is 3. The molecule has 4 aliphatic carbocycles. The summed E-state index contributed by atoms with van der Waals surface area (Å²) in [5.74, 6) is 0.457. The van der Waals surface area contributed by atoms with Crippen molar-refractivity contribution < 1.29 is 33.7 Å². The van der Waals surface area contributed by atoms with Crippen molar-refractivity contribution in [3.8, 4) is 5.75 Å². The summed E-state index contributed by atoms with van der Waals surface area (Å²) in [5, 5.41) is 14.6. The number of rotatable bonds is 7. The molecule has 0 spiro atoms. The van der Waals surface area contributed by atoms with Crippen LogP contribution in [0.5, 0.6) is 5.75 Å². The second-order valence-electron chi connectivity index (χ2n) is 13.1. The lowest BCUT2D eigenvalue weighted by atomic mass is 9.46. The highest BCUT2D eigenvalue weighted by Crippen LogP contribution is 2.69. The minimum Gasteiger partial charge on any atom is -0.486 e. The first-order valence-corrected chi connectivity index (χ1v) is 15.0. The zero-order chi connectivity index (χ0) is 29.2. The summed E-state index contributed by atoms with van der Waals surface area (Å²) in [5.41, 5.74) is -0.479. The van der Waals surface area contributed by atoms with Crippen molar-refractivity contribution in [3.63, 3.8) is 0 Å². The van der Waals surface area contributed by atoms with Gasteiger partial charge in [-0.05, 0) is 80.4 Å². The van der Waals surface area contributed by atoms with E-state index in [1.807, 2.05) is 6.08 Å². The fourth-order valence-electron chi connectivity index (χ4n) is 9.10. The van der Waals surface area contributed by atoms with Crippen LogP contribution in [0.25, 0.3) is 0 Å². The maximum atomic E-state index is 14.3. The highest BCUT2D eigenvalue weighted by atomic mass is 16.7. The van der Waals surface area contributed by atoms with Gasteiger partial charge in [0.25, 0.3) is 0 Å². The molecule has 1 heterocycles. The van der Waals surface area contributed by atoms with Crippen LogP contribution in [-0.4, -0.2) is 53.3 Å². The third kappa shape index (κ3) is 4.33. The van der Waals surface area contributed by atoms with Crippen molar-refractivity contribution in [2.45, 2.75) is 90.3 Å². The summed E-state index contributed by atoms with van der Waals surface area (Å²) >= 11 is 0. The van der Waals surface area contributed by atoms with E-state index < -0.39 is 29.5 Å². The van der Waals surface area contributed by atoms with Crippen LogP contribution in [0.2, 0.25) is 0 Å². The minimum absolute atomic E-state index is 0.0135. The molecule has 8 nitrogen and oxygen atoms in total. The molecule has 0 aromatic heterocycles. The van der Waals surface area contributed by atoms with Gasteiger partial charge >= 0.3 is 0 Å². The lowest BCUT2D eigenvalue weighted by molar-refractivity contribution is -0.200. The van der Waals surface area contributed by atoms with Crippen LogP contribution in [0.4, 0.5) is 5.69 Å². The first-order valence-electron chi connectivity index (χ1n) is 15.0. The second kappa shape index (κ2) is 10.2. The Bertz CT molecular complexity index is 1300. The van der Waals surface area contributed by atoms with Crippen molar-refractivity contribution in [1.82, 2.24) is 0 Å². The number of nitrogens with one attached hydrogen (secondary N) is 1. The number of benzene rings is 1. The van der Waals surface area contributed by atoms with E-state index in [-0.39, 0.29) is 47.2 Å². The largest absolute Gasteiger partial charge is 0.486 e. The van der Waals surface area contributed by atoms with Gasteiger partial charge in [0.1, 0.15) is 12.4 Å². The molecule has 1 saturated heterocycles. The molecule has 5 aliphatic rings. The number of anilines is 1. The van der Waals surface area contributed by atoms with Crippen LogP contribution in [0.3, 0.4) is 0 Å². The number of hydrogen-bond acceptors (Lipinski definition) is 7. The van der Waals surface area contributed by atoms with Gasteiger partial charge in [-0.25, -0.2) is 0 Å². The monoisotopic (exact) mass is 563 g/mol. The van der Waals surface area contributed by atoms with E-state index in [1.165, 1.54) is 6.92 Å². The number of ketones is 2. The Hall–Kier alpha value is -2.81. The average Bonchev–Trinajstić information content (AvgIpc) is 3.40. The third-order valence-electron chi connectivity index (χ3n) is 10.8. The molecule has 41 heavy (non-hydrogen) atoms. The van der Waals surface area contributed by atoms with Crippen LogP contribution < -0.4 is 10.1 Å². The Morgan fingerprint density at radius 2 is 1.95 bits per heavy atom. The van der Waals surface area contributed by atoms with Gasteiger partial charge in [-0.1, -0.05) is 38.8 Å². The number of aliphatic hydroxyl groups is 1. The highest BCUT2D eigenvalue weighted by Gasteiger charge is 2.75. The van der Waals surface area contributed by atoms with E-state index in [0.717, 1.165) is 24.8 Å². The molecule has 0 bridgehead atoms. The zero-order valence-electron chi connectivity index (χ0n) is 24.4. The van der Waals surface area contributed by atoms with Crippen molar-refractivity contribution in [2.24, 2.45) is 28.6 Å². The number of amides is 1. The first-order chi connectivity index (χ1) is 19.5. The maximum Gasteiger partial charge on any atom is 0.221 e. The molecule has 1 amide bonds. The maximum absolute atomic E-state index is 14.3. The molecule has 1 aromatic rings. The topological polar surface area (TPSA) is 111 Å². The molecule has 0 radical (unpaired) electrons. The summed E-state index contributed by atoms with van der Waals surface area (Å²) in [4.78, 5) is 37.8. The zero-order valence-corrected chi connectivity index (χ0v) is 24.4. The SMILES string of the molecule is CCCC1O[C@@H]2CC3C4CCC5=CC(=O)C=CC5(C)C4[C@@H](O)CC3(C)[C@@]2(C(=O)COc2ccc(NC(C)=O)cc2)O1. The van der Waals surface area contributed by atoms with Crippen LogP contribution >= 0.6 is 0 Å². The molecule has 220 valence electrons. The molecule has 3 saturated carbocycles. The fraction of sp³-hybridized carbons (Fsp3) is 0.606. The quantitative estimate of drug-likeness (QED) is 0.492. The minimum atomic E-state index is -1.21. The van der Waals surface area contributed by atoms with Crippen molar-refractivity contribution in [2.75, 3.05) is 11.9 Å². The van der Waals surface area contributed by atoms with Crippen molar-refractivity contribution in [3.05, 3.63) is 48.1 Å². The summed E-state index contributed by atoms with van der Waals surface area (Å²) in [6.45, 7) is 7.60. The van der Waals surface area contributed by atoms with Crippen LogP contribution in [0.1, 0.15) is 66.2 Å². The van der Waals surface area contributed by atoms with E-state index in [4.69, 9.17) is 14.2 Å². The summed E-state index contributed by atoms with van der Waals surface area (Å²) in [7, 11) is 0. The Morgan fingerprint density at radius 3 is 2.66 bits per heavy atom. The van der Waals surface area contributed by atoms with Crippen molar-refractivity contribution in [1.29, 1.82) is 0 Å². The number of carbonyl (C=O) groups is 3. The average molecular weight is 564 g/mol. The van der Waals surface area contributed by atoms with E-state index in [9.17, 15) is 19.5 Å². The number of aliphatic hydroxyl groups excluding tert-OH is 1. The second-order valence-corrected chi connectivity index (χ2v) is 13.1. The molecular weight excluding hydrogens is 522 g/mol. The normalized spacial score (nSPS) is 40.6. The number of Topliss-reactive ketones (excluding diaryl/α,β-unsaturated/α-hetero) is 1. The molecule has 8 heteroatoms. The van der Waals surface area contributed by atoms with Gasteiger partial charge in [-0.15, -0.1) is 0 Å². The summed E-state index contributed by atoms with van der Waals surface area (Å²) in [6.07, 6.45) is 8.19. The number of hydrogen-bond donors (Lipinski definition) is 2. The lowest BCUT2D eigenvalue weighted by Gasteiger charge is -2.59. The predicted octanol–water partition coefficient (Wildman–Crippen LogP) is 4.76. The smallest absolute Gasteiger partial charge is 0.221 e. The molecule has 2 N–H and O–H groups in total. The first kappa shape index (κ1) is 28.3. The molecule has 4 fully saturated rings. The molecular formula is C33H41NO7. The van der Waals surface area contributed by atoms with E-state index in [0.29, 0.717) is 30.7 Å². The third-order valence-corrected chi connectivity index (χ3v) is 10.8. The number of carbonyl (C=O) groups excluding carboxylic acids is 3. The van der Waals surface area contributed by atoms with Crippen LogP contribution in [-0.2, 0) is 23.9 Å². The van der Waals surface area contributed by atoms with Gasteiger partial charge in [-0.2, -0.15) is 0 Å². The van der Waals surface area contributed by atoms with Gasteiger partial charge in [0.05, 0.1) is 12.2 Å². The number of allylic oxidation sites excluding steroid dienone is 4. The Balaban J connectivity index is 1.29. The van der Waals surface area contributed by atoms with E-state index in [1.54, 1.807) is 36.4 Å². The summed E-state index contributed by atoms with van der Waals surface area (Å²) in [6, 6.07) is 6.92. The van der Waals surface area contributed by atoms with Crippen LogP contribution in [0.15, 0.2) is 48.1 Å². The summed E-state index contributed by atoms with van der Waals surface area (Å²) < 4.78 is 19.2. The van der Waals surface area contributed by atoms with E-state index in [2.05, 4.69) is 26.1 Å². The van der Waals surface area contributed by atoms with Gasteiger partial charge in [0.15, 0.2) is 17.7 Å². The standard InChI is InChI=1S/C33H41NO7/c1-5-6-29-40-28-16-25-24-12-7-20-15-22(36)13-14-31(20,3)30(24)26(37)17-32(25,4)33(28,41-29)27(38)18-39-23-10-8-21(9-11-23)34-19(2)35/h8-11,13-15,24-26,28-30,37H,5-7,12,16-18H2,1-4H3,(H,34,35)/t24?,25?,26-,28+,29?,30?,31?,32?,33-/m0/s1. The van der Waals surface area contributed by atoms with Gasteiger partial charge < -0.3 is 24.6 Å². The Labute approximate surface area is 241 Å². The Kier molecular flexibility index (Phi) is 7.03. The lowest BCUT2D eigenvalue weighted by Crippen LogP contribution is -2.63. The van der Waals surface area contributed by atoms with E-state index >= 15 is 0 Å². The van der Waals surface area contributed by atoms with Gasteiger partial charge in [0, 0.05) is 29.4 Å². The highest BCUT2D eigenvalue weighted by molar-refractivity contribution is 6.01. The predicted molar refractivity (Wildman–Crippen MR) is 152 cm³/mol. The molecule has 9 atom stereocenters.